The molecule has 0 unspecified atom stereocenters. The summed E-state index contributed by atoms with van der Waals surface area (Å²) in [6.07, 6.45) is 0.460. The van der Waals surface area contributed by atoms with Crippen LogP contribution in [0.4, 0.5) is 0 Å². The maximum absolute atomic E-state index is 11.8. The Morgan fingerprint density at radius 2 is 1.54 bits per heavy atom. The second-order valence-electron chi connectivity index (χ2n) is 7.10. The van der Waals surface area contributed by atoms with Crippen molar-refractivity contribution in [1.29, 1.82) is 0 Å². The van der Waals surface area contributed by atoms with Gasteiger partial charge < -0.3 is 10.2 Å². The minimum atomic E-state index is -1.10. The van der Waals surface area contributed by atoms with Crippen LogP contribution in [-0.4, -0.2) is 34.2 Å². The third-order valence-electron chi connectivity index (χ3n) is 4.32. The summed E-state index contributed by atoms with van der Waals surface area (Å²) in [7, 11) is 0. The predicted molar refractivity (Wildman–Crippen MR) is 111 cm³/mol. The van der Waals surface area contributed by atoms with Gasteiger partial charge in [-0.25, -0.2) is 0 Å². The Hall–Kier alpha value is -2.08. The van der Waals surface area contributed by atoms with Gasteiger partial charge in [-0.3, -0.25) is 14.9 Å². The predicted octanol–water partition coefficient (Wildman–Crippen LogP) is 4.75. The van der Waals surface area contributed by atoms with Gasteiger partial charge in [0.15, 0.2) is 0 Å². The van der Waals surface area contributed by atoms with Crippen molar-refractivity contribution in [3.63, 3.8) is 0 Å². The van der Waals surface area contributed by atoms with Gasteiger partial charge in [-0.15, -0.1) is 0 Å². The maximum atomic E-state index is 11.8. The van der Waals surface area contributed by atoms with E-state index < -0.39 is 24.0 Å². The van der Waals surface area contributed by atoms with E-state index in [1.807, 2.05) is 38.1 Å². The van der Waals surface area contributed by atoms with Gasteiger partial charge in [0.1, 0.15) is 12.1 Å². The Morgan fingerprint density at radius 1 is 0.964 bits per heavy atom. The molecule has 0 aliphatic heterocycles. The maximum Gasteiger partial charge on any atom is 0.321 e. The molecular formula is C21H23Cl2NO4. The number of carbonyl (C=O) groups is 2. The van der Waals surface area contributed by atoms with Crippen molar-refractivity contribution >= 4 is 35.1 Å². The first kappa shape index (κ1) is 22.2. The molecule has 0 amide bonds. The fourth-order valence-corrected chi connectivity index (χ4v) is 3.61. The first-order valence-corrected chi connectivity index (χ1v) is 9.69. The lowest BCUT2D eigenvalue weighted by atomic mass is 9.94. The summed E-state index contributed by atoms with van der Waals surface area (Å²) in [5.41, 5.74) is 2.33. The van der Waals surface area contributed by atoms with E-state index in [-0.39, 0.29) is 12.3 Å². The minimum absolute atomic E-state index is 0.115. The molecule has 3 N–H and O–H groups in total. The SMILES string of the molecule is CC(C)C[C@H](N[C@@H](Cc1ccccc1-c1cc(Cl)cc(Cl)c1)C(=O)O)C(=O)O. The highest BCUT2D eigenvalue weighted by Crippen LogP contribution is 2.30. The molecular weight excluding hydrogens is 401 g/mol. The second kappa shape index (κ2) is 9.92. The molecule has 0 aromatic heterocycles. The standard InChI is InChI=1S/C21H23Cl2NO4/c1-12(2)7-18(20(25)26)24-19(21(27)28)10-13-5-3-4-6-17(13)14-8-15(22)11-16(23)9-14/h3-6,8-9,11-12,18-19,24H,7,10H2,1-2H3,(H,25,26)(H,27,28)/t18-,19-/m0/s1. The molecule has 2 rings (SSSR count). The van der Waals surface area contributed by atoms with Gasteiger partial charge in [0, 0.05) is 10.0 Å². The Balaban J connectivity index is 2.33. The van der Waals surface area contributed by atoms with Crippen LogP contribution in [0.1, 0.15) is 25.8 Å². The quantitative estimate of drug-likeness (QED) is 0.541. The monoisotopic (exact) mass is 423 g/mol. The molecule has 28 heavy (non-hydrogen) atoms. The van der Waals surface area contributed by atoms with E-state index in [4.69, 9.17) is 23.2 Å². The Morgan fingerprint density at radius 3 is 2.07 bits per heavy atom. The molecule has 2 aromatic rings. The van der Waals surface area contributed by atoms with Crippen LogP contribution in [0.5, 0.6) is 0 Å². The molecule has 5 nitrogen and oxygen atoms in total. The van der Waals surface area contributed by atoms with Crippen LogP contribution in [0, 0.1) is 5.92 Å². The molecule has 2 aromatic carbocycles. The lowest BCUT2D eigenvalue weighted by molar-refractivity contribution is -0.142. The van der Waals surface area contributed by atoms with Crippen molar-refractivity contribution < 1.29 is 19.8 Å². The zero-order chi connectivity index (χ0) is 20.8. The third-order valence-corrected chi connectivity index (χ3v) is 4.76. The first-order valence-electron chi connectivity index (χ1n) is 8.93. The van der Waals surface area contributed by atoms with Crippen LogP contribution >= 0.6 is 23.2 Å². The molecule has 0 radical (unpaired) electrons. The van der Waals surface area contributed by atoms with E-state index in [1.54, 1.807) is 18.2 Å². The highest BCUT2D eigenvalue weighted by molar-refractivity contribution is 6.35. The van der Waals surface area contributed by atoms with Gasteiger partial charge in [0.2, 0.25) is 0 Å². The van der Waals surface area contributed by atoms with E-state index in [2.05, 4.69) is 5.32 Å². The highest BCUT2D eigenvalue weighted by atomic mass is 35.5. The van der Waals surface area contributed by atoms with Gasteiger partial charge in [-0.1, -0.05) is 61.3 Å². The van der Waals surface area contributed by atoms with Crippen molar-refractivity contribution in [3.8, 4) is 11.1 Å². The summed E-state index contributed by atoms with van der Waals surface area (Å²) in [4.78, 5) is 23.3. The summed E-state index contributed by atoms with van der Waals surface area (Å²) in [6, 6.07) is 10.5. The fourth-order valence-electron chi connectivity index (χ4n) is 3.08. The molecule has 150 valence electrons. The molecule has 0 saturated heterocycles. The van der Waals surface area contributed by atoms with E-state index in [0.717, 1.165) is 16.7 Å². The minimum Gasteiger partial charge on any atom is -0.480 e. The highest BCUT2D eigenvalue weighted by Gasteiger charge is 2.27. The Kier molecular flexibility index (Phi) is 7.87. The van der Waals surface area contributed by atoms with Crippen LogP contribution in [0.15, 0.2) is 42.5 Å². The molecule has 0 bridgehead atoms. The summed E-state index contributed by atoms with van der Waals surface area (Å²) < 4.78 is 0. The number of nitrogens with one attached hydrogen (secondary N) is 1. The Labute approximate surface area is 174 Å². The second-order valence-corrected chi connectivity index (χ2v) is 7.97. The van der Waals surface area contributed by atoms with E-state index in [0.29, 0.717) is 16.5 Å². The number of rotatable bonds is 9. The van der Waals surface area contributed by atoms with Crippen LogP contribution in [0.2, 0.25) is 10.0 Å². The van der Waals surface area contributed by atoms with Crippen molar-refractivity contribution in [2.24, 2.45) is 5.92 Å². The summed E-state index contributed by atoms with van der Waals surface area (Å²) in [6.45, 7) is 3.79. The number of carboxylic acid groups (broad SMARTS) is 2. The summed E-state index contributed by atoms with van der Waals surface area (Å²) >= 11 is 12.2. The number of hydrogen-bond acceptors (Lipinski definition) is 3. The molecule has 0 spiro atoms. The zero-order valence-corrected chi connectivity index (χ0v) is 17.2. The van der Waals surface area contributed by atoms with Crippen molar-refractivity contribution in [3.05, 3.63) is 58.1 Å². The van der Waals surface area contributed by atoms with E-state index in [1.165, 1.54) is 0 Å². The van der Waals surface area contributed by atoms with Crippen molar-refractivity contribution in [2.45, 2.75) is 38.8 Å². The molecule has 2 atom stereocenters. The largest absolute Gasteiger partial charge is 0.480 e. The molecule has 0 fully saturated rings. The van der Waals surface area contributed by atoms with Gasteiger partial charge in [0.25, 0.3) is 0 Å². The molecule has 0 saturated carbocycles. The average Bonchev–Trinajstić information content (AvgIpc) is 2.59. The summed E-state index contributed by atoms with van der Waals surface area (Å²) in [5, 5.41) is 22.8. The number of aliphatic carboxylic acids is 2. The molecule has 0 aliphatic carbocycles. The number of hydrogen-bond donors (Lipinski definition) is 3. The lowest BCUT2D eigenvalue weighted by Gasteiger charge is -2.22. The molecule has 7 heteroatoms. The van der Waals surface area contributed by atoms with Gasteiger partial charge >= 0.3 is 11.9 Å². The molecule has 0 heterocycles. The fraction of sp³-hybridized carbons (Fsp3) is 0.333. The smallest absolute Gasteiger partial charge is 0.321 e. The number of carboxylic acids is 2. The number of halogens is 2. The van der Waals surface area contributed by atoms with Crippen molar-refractivity contribution in [2.75, 3.05) is 0 Å². The van der Waals surface area contributed by atoms with Gasteiger partial charge in [0.05, 0.1) is 0 Å². The molecule has 0 aliphatic rings. The van der Waals surface area contributed by atoms with Gasteiger partial charge in [-0.2, -0.15) is 0 Å². The van der Waals surface area contributed by atoms with Gasteiger partial charge in [-0.05, 0) is 53.6 Å². The Bertz CT molecular complexity index is 834. The summed E-state index contributed by atoms with van der Waals surface area (Å²) in [5.74, 6) is -2.05. The lowest BCUT2D eigenvalue weighted by Crippen LogP contribution is -2.48. The van der Waals surface area contributed by atoms with Crippen molar-refractivity contribution in [1.82, 2.24) is 5.32 Å². The van der Waals surface area contributed by atoms with Crippen LogP contribution in [0.25, 0.3) is 11.1 Å². The van der Waals surface area contributed by atoms with E-state index >= 15 is 0 Å². The third kappa shape index (κ3) is 6.23. The normalized spacial score (nSPS) is 13.3. The first-order chi connectivity index (χ1) is 13.2. The average molecular weight is 424 g/mol. The zero-order valence-electron chi connectivity index (χ0n) is 15.7. The van der Waals surface area contributed by atoms with Crippen LogP contribution in [0.3, 0.4) is 0 Å². The topological polar surface area (TPSA) is 86.6 Å². The van der Waals surface area contributed by atoms with E-state index in [9.17, 15) is 19.8 Å². The number of benzene rings is 2. The van der Waals surface area contributed by atoms with Crippen LogP contribution in [-0.2, 0) is 16.0 Å². The van der Waals surface area contributed by atoms with Crippen LogP contribution < -0.4 is 5.32 Å².